The molecule has 6 heteroatoms. The van der Waals surface area contributed by atoms with Crippen LogP contribution in [0.5, 0.6) is 0 Å². The molecule has 5 aromatic rings. The van der Waals surface area contributed by atoms with Crippen LogP contribution in [0.4, 0.5) is 0 Å². The highest BCUT2D eigenvalue weighted by atomic mass is 16.1. The average molecular weight is 393 g/mol. The smallest absolute Gasteiger partial charge is 0.266 e. The Morgan fingerprint density at radius 1 is 0.867 bits per heavy atom. The van der Waals surface area contributed by atoms with Gasteiger partial charge in [-0.25, -0.2) is 9.67 Å². The number of rotatable bonds is 4. The van der Waals surface area contributed by atoms with Crippen molar-refractivity contribution >= 4 is 10.9 Å². The molecule has 0 unspecified atom stereocenters. The van der Waals surface area contributed by atoms with E-state index in [0.29, 0.717) is 23.3 Å². The van der Waals surface area contributed by atoms with Crippen molar-refractivity contribution < 1.29 is 0 Å². The minimum absolute atomic E-state index is 0.0895. The van der Waals surface area contributed by atoms with Crippen molar-refractivity contribution in [2.24, 2.45) is 0 Å². The molecule has 0 fully saturated rings. The molecule has 6 nitrogen and oxygen atoms in total. The van der Waals surface area contributed by atoms with E-state index in [2.05, 4.69) is 10.3 Å². The van der Waals surface area contributed by atoms with Crippen LogP contribution in [0.25, 0.3) is 27.8 Å². The molecule has 0 spiro atoms. The predicted molar refractivity (Wildman–Crippen MR) is 117 cm³/mol. The Kier molecular flexibility index (Phi) is 4.44. The highest BCUT2D eigenvalue weighted by Gasteiger charge is 2.15. The van der Waals surface area contributed by atoms with Crippen molar-refractivity contribution in [3.05, 3.63) is 107 Å². The first-order valence-electron chi connectivity index (χ1n) is 9.73. The van der Waals surface area contributed by atoms with E-state index in [1.165, 1.54) is 0 Å². The van der Waals surface area contributed by atoms with Crippen LogP contribution < -0.4 is 5.56 Å². The van der Waals surface area contributed by atoms with E-state index in [-0.39, 0.29) is 5.56 Å². The molecule has 0 radical (unpaired) electrons. The zero-order valence-corrected chi connectivity index (χ0v) is 16.4. The van der Waals surface area contributed by atoms with E-state index in [4.69, 9.17) is 4.98 Å². The molecule has 0 saturated heterocycles. The quantitative estimate of drug-likeness (QED) is 0.463. The highest BCUT2D eigenvalue weighted by molar-refractivity contribution is 5.78. The summed E-state index contributed by atoms with van der Waals surface area (Å²) in [5.74, 6) is 0.609. The Hall–Kier alpha value is -4.06. The van der Waals surface area contributed by atoms with Crippen molar-refractivity contribution in [2.75, 3.05) is 0 Å². The van der Waals surface area contributed by atoms with Gasteiger partial charge in [-0.1, -0.05) is 65.9 Å². The Morgan fingerprint density at radius 2 is 1.60 bits per heavy atom. The second-order valence-corrected chi connectivity index (χ2v) is 7.14. The van der Waals surface area contributed by atoms with Gasteiger partial charge >= 0.3 is 0 Å². The fourth-order valence-electron chi connectivity index (χ4n) is 3.61. The summed E-state index contributed by atoms with van der Waals surface area (Å²) in [6.45, 7) is 2.32. The molecule has 0 amide bonds. The lowest BCUT2D eigenvalue weighted by Crippen LogP contribution is -2.26. The SMILES string of the molecule is Cc1ccccc1-n1c(Cn2cc(-c3ccccc3)nn2)nc2ccccc2c1=O. The molecular formula is C24H19N5O. The third-order valence-corrected chi connectivity index (χ3v) is 5.11. The van der Waals surface area contributed by atoms with Gasteiger partial charge in [0, 0.05) is 5.56 Å². The number of nitrogens with zero attached hydrogens (tertiary/aromatic N) is 5. The monoisotopic (exact) mass is 393 g/mol. The lowest BCUT2D eigenvalue weighted by atomic mass is 10.1. The van der Waals surface area contributed by atoms with Crippen molar-refractivity contribution in [3.8, 4) is 16.9 Å². The third kappa shape index (κ3) is 3.18. The van der Waals surface area contributed by atoms with Crippen LogP contribution in [-0.2, 0) is 6.54 Å². The highest BCUT2D eigenvalue weighted by Crippen LogP contribution is 2.18. The number of aryl methyl sites for hydroxylation is 1. The van der Waals surface area contributed by atoms with E-state index in [1.54, 1.807) is 9.25 Å². The first kappa shape index (κ1) is 18.0. The van der Waals surface area contributed by atoms with Gasteiger partial charge in [0.25, 0.3) is 5.56 Å². The molecule has 3 aromatic carbocycles. The summed E-state index contributed by atoms with van der Waals surface area (Å²) in [6.07, 6.45) is 1.87. The van der Waals surface area contributed by atoms with Crippen molar-refractivity contribution in [1.29, 1.82) is 0 Å². The first-order chi connectivity index (χ1) is 14.7. The van der Waals surface area contributed by atoms with Crippen LogP contribution in [0.1, 0.15) is 11.4 Å². The summed E-state index contributed by atoms with van der Waals surface area (Å²) in [5, 5.41) is 9.14. The van der Waals surface area contributed by atoms with Crippen molar-refractivity contribution in [1.82, 2.24) is 24.5 Å². The molecule has 0 aliphatic heterocycles. The average Bonchev–Trinajstić information content (AvgIpc) is 3.24. The molecule has 5 rings (SSSR count). The van der Waals surface area contributed by atoms with E-state index >= 15 is 0 Å². The fraction of sp³-hybridized carbons (Fsp3) is 0.0833. The Morgan fingerprint density at radius 3 is 2.43 bits per heavy atom. The molecule has 30 heavy (non-hydrogen) atoms. The maximum absolute atomic E-state index is 13.4. The zero-order valence-electron chi connectivity index (χ0n) is 16.4. The van der Waals surface area contributed by atoms with Crippen LogP contribution >= 0.6 is 0 Å². The Balaban J connectivity index is 1.66. The summed E-state index contributed by atoms with van der Waals surface area (Å²) in [4.78, 5) is 18.2. The Labute approximate surface area is 173 Å². The molecule has 2 heterocycles. The van der Waals surface area contributed by atoms with Crippen molar-refractivity contribution in [3.63, 3.8) is 0 Å². The lowest BCUT2D eigenvalue weighted by molar-refractivity contribution is 0.610. The summed E-state index contributed by atoms with van der Waals surface area (Å²) in [7, 11) is 0. The molecule has 2 aromatic heterocycles. The second-order valence-electron chi connectivity index (χ2n) is 7.14. The normalized spacial score (nSPS) is 11.1. The molecule has 0 saturated carbocycles. The predicted octanol–water partition coefficient (Wildman–Crippen LogP) is 4.00. The number of hydrogen-bond donors (Lipinski definition) is 0. The van der Waals surface area contributed by atoms with Gasteiger partial charge in [-0.05, 0) is 30.7 Å². The molecule has 0 atom stereocenters. The lowest BCUT2D eigenvalue weighted by Gasteiger charge is -2.15. The van der Waals surface area contributed by atoms with Gasteiger partial charge in [0.1, 0.15) is 18.1 Å². The van der Waals surface area contributed by atoms with Gasteiger partial charge in [-0.3, -0.25) is 9.36 Å². The third-order valence-electron chi connectivity index (χ3n) is 5.11. The van der Waals surface area contributed by atoms with E-state index in [1.807, 2.05) is 92.0 Å². The molecule has 146 valence electrons. The number of fused-ring (bicyclic) bond motifs is 1. The van der Waals surface area contributed by atoms with Gasteiger partial charge in [0.05, 0.1) is 22.8 Å². The van der Waals surface area contributed by atoms with Crippen LogP contribution in [-0.4, -0.2) is 24.5 Å². The molecule has 0 aliphatic rings. The molecule has 0 N–H and O–H groups in total. The van der Waals surface area contributed by atoms with E-state index < -0.39 is 0 Å². The standard InChI is InChI=1S/C24H19N5O/c1-17-9-5-8-14-22(17)29-23(25-20-13-7-6-12-19(20)24(29)30)16-28-15-21(26-27-28)18-10-3-2-4-11-18/h2-15H,16H2,1H3. The Bertz CT molecular complexity index is 1400. The minimum Gasteiger partial charge on any atom is -0.268 e. The summed E-state index contributed by atoms with van der Waals surface area (Å²) >= 11 is 0. The van der Waals surface area contributed by atoms with Crippen molar-refractivity contribution in [2.45, 2.75) is 13.5 Å². The van der Waals surface area contributed by atoms with Crippen LogP contribution in [0.3, 0.4) is 0 Å². The number of aromatic nitrogens is 5. The molecular weight excluding hydrogens is 374 g/mol. The minimum atomic E-state index is -0.0895. The number of hydrogen-bond acceptors (Lipinski definition) is 4. The summed E-state index contributed by atoms with van der Waals surface area (Å²) < 4.78 is 3.40. The van der Waals surface area contributed by atoms with Crippen LogP contribution in [0, 0.1) is 6.92 Å². The number of benzene rings is 3. The fourth-order valence-corrected chi connectivity index (χ4v) is 3.61. The molecule has 0 aliphatic carbocycles. The van der Waals surface area contributed by atoms with E-state index in [0.717, 1.165) is 22.5 Å². The second kappa shape index (κ2) is 7.40. The van der Waals surface area contributed by atoms with Crippen LogP contribution in [0.15, 0.2) is 89.9 Å². The maximum atomic E-state index is 13.4. The number of para-hydroxylation sites is 2. The largest absolute Gasteiger partial charge is 0.268 e. The summed E-state index contributed by atoms with van der Waals surface area (Å²) in [5.41, 5.74) is 4.17. The van der Waals surface area contributed by atoms with Crippen LogP contribution in [0.2, 0.25) is 0 Å². The first-order valence-corrected chi connectivity index (χ1v) is 9.73. The topological polar surface area (TPSA) is 65.6 Å². The zero-order chi connectivity index (χ0) is 20.5. The summed E-state index contributed by atoms with van der Waals surface area (Å²) in [6, 6.07) is 25.1. The van der Waals surface area contributed by atoms with Gasteiger partial charge in [0.15, 0.2) is 0 Å². The van der Waals surface area contributed by atoms with Gasteiger partial charge in [-0.2, -0.15) is 0 Å². The van der Waals surface area contributed by atoms with E-state index in [9.17, 15) is 4.79 Å². The van der Waals surface area contributed by atoms with Gasteiger partial charge in [-0.15, -0.1) is 5.10 Å². The van der Waals surface area contributed by atoms with Gasteiger partial charge in [0.2, 0.25) is 0 Å². The van der Waals surface area contributed by atoms with Gasteiger partial charge < -0.3 is 0 Å². The molecule has 0 bridgehead atoms. The maximum Gasteiger partial charge on any atom is 0.266 e.